The fraction of sp³-hybridized carbons (Fsp3) is 0.857. The van der Waals surface area contributed by atoms with Crippen molar-refractivity contribution in [3.05, 3.63) is 12.7 Å². The van der Waals surface area contributed by atoms with Crippen molar-refractivity contribution < 1.29 is 9.47 Å². The molecule has 0 radical (unpaired) electrons. The summed E-state index contributed by atoms with van der Waals surface area (Å²) in [6, 6.07) is 0.763. The third kappa shape index (κ3) is 4.05. The van der Waals surface area contributed by atoms with E-state index in [0.717, 1.165) is 45.2 Å². The maximum Gasteiger partial charge on any atom is 0.0973 e. The van der Waals surface area contributed by atoms with Gasteiger partial charge in [-0.2, -0.15) is 0 Å². The van der Waals surface area contributed by atoms with Crippen LogP contribution in [0.1, 0.15) is 19.3 Å². The Balaban J connectivity index is 1.83. The van der Waals surface area contributed by atoms with Crippen LogP contribution >= 0.6 is 0 Å². The van der Waals surface area contributed by atoms with Gasteiger partial charge in [0.2, 0.25) is 0 Å². The van der Waals surface area contributed by atoms with Gasteiger partial charge in [0.1, 0.15) is 0 Å². The van der Waals surface area contributed by atoms with Crippen molar-refractivity contribution >= 4 is 0 Å². The summed E-state index contributed by atoms with van der Waals surface area (Å²) in [5.74, 6) is 0. The van der Waals surface area contributed by atoms with Crippen LogP contribution in [-0.4, -0.2) is 63.0 Å². The van der Waals surface area contributed by atoms with Crippen LogP contribution in [-0.2, 0) is 9.47 Å². The first-order valence-electron chi connectivity index (χ1n) is 7.05. The van der Waals surface area contributed by atoms with Crippen LogP contribution in [0.5, 0.6) is 0 Å². The number of nitrogens with zero attached hydrogens (tertiary/aromatic N) is 1. The van der Waals surface area contributed by atoms with Crippen molar-refractivity contribution in [1.29, 1.82) is 0 Å². The van der Waals surface area contributed by atoms with E-state index in [2.05, 4.69) is 16.8 Å². The number of rotatable bonds is 8. The lowest BCUT2D eigenvalue weighted by Gasteiger charge is -2.33. The first-order chi connectivity index (χ1) is 8.85. The van der Waals surface area contributed by atoms with E-state index in [1.165, 1.54) is 12.8 Å². The summed E-state index contributed by atoms with van der Waals surface area (Å²) >= 11 is 0. The number of hydrogen-bond acceptors (Lipinski definition) is 4. The Kier molecular flexibility index (Phi) is 5.63. The Hall–Kier alpha value is -0.420. The van der Waals surface area contributed by atoms with Gasteiger partial charge in [-0.3, -0.25) is 4.90 Å². The number of ether oxygens (including phenoxy) is 2. The van der Waals surface area contributed by atoms with E-state index in [4.69, 9.17) is 9.47 Å². The van der Waals surface area contributed by atoms with E-state index in [9.17, 15) is 0 Å². The third-order valence-electron chi connectivity index (χ3n) is 3.77. The first kappa shape index (κ1) is 14.0. The van der Waals surface area contributed by atoms with Crippen LogP contribution in [0.3, 0.4) is 0 Å². The average Bonchev–Trinajstić information content (AvgIpc) is 3.25. The molecule has 0 aromatic heterocycles. The van der Waals surface area contributed by atoms with E-state index >= 15 is 0 Å². The minimum Gasteiger partial charge on any atom is -0.377 e. The molecule has 0 amide bonds. The second-order valence-corrected chi connectivity index (χ2v) is 5.19. The van der Waals surface area contributed by atoms with E-state index in [-0.39, 0.29) is 12.2 Å². The number of nitrogens with one attached hydrogen (secondary N) is 1. The highest BCUT2D eigenvalue weighted by Crippen LogP contribution is 2.27. The summed E-state index contributed by atoms with van der Waals surface area (Å²) in [7, 11) is 1.79. The monoisotopic (exact) mass is 254 g/mol. The Morgan fingerprint density at radius 2 is 2.39 bits per heavy atom. The number of morpholine rings is 1. The molecular formula is C14H26N2O2. The van der Waals surface area contributed by atoms with Crippen LogP contribution in [0.15, 0.2) is 12.7 Å². The summed E-state index contributed by atoms with van der Waals surface area (Å²) in [6.45, 7) is 8.52. The third-order valence-corrected chi connectivity index (χ3v) is 3.77. The quantitative estimate of drug-likeness (QED) is 0.656. The maximum atomic E-state index is 5.80. The molecule has 4 nitrogen and oxygen atoms in total. The van der Waals surface area contributed by atoms with E-state index in [1.807, 2.05) is 6.08 Å². The van der Waals surface area contributed by atoms with E-state index in [0.29, 0.717) is 0 Å². The molecule has 1 aliphatic carbocycles. The van der Waals surface area contributed by atoms with Gasteiger partial charge in [-0.15, -0.1) is 6.58 Å². The molecule has 0 aromatic carbocycles. The molecule has 1 aliphatic heterocycles. The molecule has 4 heteroatoms. The topological polar surface area (TPSA) is 33.7 Å². The molecule has 0 bridgehead atoms. The number of hydrogen-bond donors (Lipinski definition) is 1. The highest BCUT2D eigenvalue weighted by atomic mass is 16.5. The summed E-state index contributed by atoms with van der Waals surface area (Å²) in [5, 5.41) is 3.37. The lowest BCUT2D eigenvalue weighted by molar-refractivity contribution is -0.0798. The zero-order chi connectivity index (χ0) is 12.8. The zero-order valence-corrected chi connectivity index (χ0v) is 11.4. The first-order valence-corrected chi connectivity index (χ1v) is 7.05. The standard InChI is InChI=1S/C14H26N2O2/c1-3-4-8-16(12-5-6-12)11-14(17-2)13-10-15-7-9-18-13/h3,12-15H,1,4-11H2,2H3/t13-,14?/m1/s1. The smallest absolute Gasteiger partial charge is 0.0973 e. The van der Waals surface area contributed by atoms with Crippen molar-refractivity contribution in [2.24, 2.45) is 0 Å². The largest absolute Gasteiger partial charge is 0.377 e. The van der Waals surface area contributed by atoms with E-state index < -0.39 is 0 Å². The Bertz CT molecular complexity index is 250. The molecule has 2 rings (SSSR count). The molecule has 2 fully saturated rings. The molecule has 1 saturated heterocycles. The second kappa shape index (κ2) is 7.24. The van der Waals surface area contributed by atoms with Gasteiger partial charge in [-0.1, -0.05) is 6.08 Å². The van der Waals surface area contributed by atoms with Gasteiger partial charge < -0.3 is 14.8 Å². The molecule has 1 N–H and O–H groups in total. The predicted octanol–water partition coefficient (Wildman–Crippen LogP) is 1.03. The Morgan fingerprint density at radius 1 is 1.56 bits per heavy atom. The normalized spacial score (nSPS) is 26.2. The van der Waals surface area contributed by atoms with Crippen LogP contribution in [0, 0.1) is 0 Å². The van der Waals surface area contributed by atoms with E-state index in [1.54, 1.807) is 7.11 Å². The molecule has 2 atom stereocenters. The van der Waals surface area contributed by atoms with Crippen LogP contribution in [0.4, 0.5) is 0 Å². The van der Waals surface area contributed by atoms with Crippen LogP contribution < -0.4 is 5.32 Å². The van der Waals surface area contributed by atoms with Crippen molar-refractivity contribution in [2.45, 2.75) is 37.5 Å². The second-order valence-electron chi connectivity index (χ2n) is 5.19. The van der Waals surface area contributed by atoms with Gasteiger partial charge in [-0.25, -0.2) is 0 Å². The molecule has 0 aromatic rings. The average molecular weight is 254 g/mol. The minimum absolute atomic E-state index is 0.170. The maximum absolute atomic E-state index is 5.80. The van der Waals surface area contributed by atoms with Gasteiger partial charge in [0.05, 0.1) is 18.8 Å². The van der Waals surface area contributed by atoms with Crippen molar-refractivity contribution in [1.82, 2.24) is 10.2 Å². The molecule has 1 saturated carbocycles. The zero-order valence-electron chi connectivity index (χ0n) is 11.4. The Morgan fingerprint density at radius 3 is 2.94 bits per heavy atom. The summed E-state index contributed by atoms with van der Waals surface area (Å²) in [4.78, 5) is 2.54. The lowest BCUT2D eigenvalue weighted by Crippen LogP contribution is -2.50. The SMILES string of the molecule is C=CCCN(CC(OC)[C@H]1CNCCO1)C1CC1. The molecule has 1 heterocycles. The molecule has 1 unspecified atom stereocenters. The molecule has 0 spiro atoms. The highest BCUT2D eigenvalue weighted by molar-refractivity contribution is 4.89. The van der Waals surface area contributed by atoms with Crippen molar-refractivity contribution in [2.75, 3.05) is 39.9 Å². The summed E-state index contributed by atoms with van der Waals surface area (Å²) < 4.78 is 11.4. The predicted molar refractivity (Wildman–Crippen MR) is 72.8 cm³/mol. The van der Waals surface area contributed by atoms with Gasteiger partial charge in [-0.05, 0) is 19.3 Å². The lowest BCUT2D eigenvalue weighted by atomic mass is 10.1. The molecule has 18 heavy (non-hydrogen) atoms. The summed E-state index contributed by atoms with van der Waals surface area (Å²) in [5.41, 5.74) is 0. The van der Waals surface area contributed by atoms with Gasteiger partial charge in [0, 0.05) is 39.3 Å². The van der Waals surface area contributed by atoms with Gasteiger partial charge >= 0.3 is 0 Å². The van der Waals surface area contributed by atoms with Crippen LogP contribution in [0.2, 0.25) is 0 Å². The van der Waals surface area contributed by atoms with Gasteiger partial charge in [0.15, 0.2) is 0 Å². The minimum atomic E-state index is 0.170. The molecule has 2 aliphatic rings. The highest BCUT2D eigenvalue weighted by Gasteiger charge is 2.33. The molecular weight excluding hydrogens is 228 g/mol. The van der Waals surface area contributed by atoms with Crippen molar-refractivity contribution in [3.8, 4) is 0 Å². The van der Waals surface area contributed by atoms with Crippen molar-refractivity contribution in [3.63, 3.8) is 0 Å². The fourth-order valence-electron chi connectivity index (χ4n) is 2.52. The fourth-order valence-corrected chi connectivity index (χ4v) is 2.52. The Labute approximate surface area is 110 Å². The number of methoxy groups -OCH3 is 1. The summed E-state index contributed by atoms with van der Waals surface area (Å²) in [6.07, 6.45) is 6.07. The molecule has 104 valence electrons. The van der Waals surface area contributed by atoms with Crippen LogP contribution in [0.25, 0.3) is 0 Å². The van der Waals surface area contributed by atoms with Gasteiger partial charge in [0.25, 0.3) is 0 Å².